The molecule has 0 radical (unpaired) electrons. The zero-order valence-corrected chi connectivity index (χ0v) is 12.4. The Balaban J connectivity index is 1.78. The molecule has 0 spiro atoms. The van der Waals surface area contributed by atoms with Crippen molar-refractivity contribution in [3.8, 4) is 17.1 Å². The van der Waals surface area contributed by atoms with Crippen molar-refractivity contribution in [2.45, 2.75) is 0 Å². The van der Waals surface area contributed by atoms with Gasteiger partial charge in [-0.05, 0) is 12.1 Å². The Kier molecular flexibility index (Phi) is 2.97. The number of nitrogens with one attached hydrogen (secondary N) is 1. The molecule has 0 aliphatic rings. The van der Waals surface area contributed by atoms with Crippen molar-refractivity contribution in [3.63, 3.8) is 0 Å². The Hall–Kier alpha value is -2.94. The number of H-pyrrole nitrogens is 1. The number of hydrogen-bond acceptors (Lipinski definition) is 0. The van der Waals surface area contributed by atoms with Crippen LogP contribution >= 0.6 is 0 Å². The summed E-state index contributed by atoms with van der Waals surface area (Å²) >= 11 is 0. The molecule has 106 valence electrons. The first-order chi connectivity index (χ1) is 10.8. The molecular formula is C19H17N3+2. The molecule has 0 aliphatic carbocycles. The van der Waals surface area contributed by atoms with E-state index in [1.807, 2.05) is 18.2 Å². The van der Waals surface area contributed by atoms with Crippen LogP contribution in [0.5, 0.6) is 0 Å². The Labute approximate surface area is 129 Å². The number of fused-ring (bicyclic) bond motifs is 1. The first-order valence-electron chi connectivity index (χ1n) is 7.37. The molecule has 0 atom stereocenters. The zero-order chi connectivity index (χ0) is 14.9. The fourth-order valence-electron chi connectivity index (χ4n) is 2.83. The number of pyridine rings is 1. The van der Waals surface area contributed by atoms with Gasteiger partial charge in [-0.3, -0.25) is 0 Å². The highest BCUT2D eigenvalue weighted by Gasteiger charge is 2.17. The van der Waals surface area contributed by atoms with Gasteiger partial charge in [0.2, 0.25) is 5.69 Å². The highest BCUT2D eigenvalue weighted by atomic mass is 15.1. The quantitative estimate of drug-likeness (QED) is 0.548. The topological polar surface area (TPSA) is 23.5 Å². The second-order valence-electron chi connectivity index (χ2n) is 5.38. The van der Waals surface area contributed by atoms with Gasteiger partial charge in [0.25, 0.3) is 5.82 Å². The standard InChI is InChI=1S/C19H16N3/c1-21-18-10-6-5-9-17(18)20-19(21)15-11-13-22(14-12-15)16-7-3-2-4-8-16/h2-14H,1H3/q+1/p+1. The molecule has 4 rings (SSSR count). The van der Waals surface area contributed by atoms with Crippen molar-refractivity contribution >= 4 is 11.0 Å². The van der Waals surface area contributed by atoms with Crippen LogP contribution in [-0.2, 0) is 7.05 Å². The van der Waals surface area contributed by atoms with Crippen molar-refractivity contribution in [2.24, 2.45) is 7.05 Å². The summed E-state index contributed by atoms with van der Waals surface area (Å²) in [5, 5.41) is 0. The molecule has 0 bridgehead atoms. The van der Waals surface area contributed by atoms with Gasteiger partial charge in [0.05, 0.1) is 12.6 Å². The lowest BCUT2D eigenvalue weighted by Crippen LogP contribution is -2.31. The summed E-state index contributed by atoms with van der Waals surface area (Å²) in [6.45, 7) is 0. The van der Waals surface area contributed by atoms with Crippen molar-refractivity contribution in [2.75, 3.05) is 0 Å². The molecule has 0 saturated carbocycles. The van der Waals surface area contributed by atoms with Crippen LogP contribution in [0.3, 0.4) is 0 Å². The molecule has 3 heteroatoms. The van der Waals surface area contributed by atoms with E-state index in [4.69, 9.17) is 0 Å². The first kappa shape index (κ1) is 12.8. The van der Waals surface area contributed by atoms with Crippen LogP contribution in [0, 0.1) is 0 Å². The lowest BCUT2D eigenvalue weighted by Gasteiger charge is -1.97. The summed E-state index contributed by atoms with van der Waals surface area (Å²) in [7, 11) is 2.09. The summed E-state index contributed by atoms with van der Waals surface area (Å²) in [4.78, 5) is 3.49. The van der Waals surface area contributed by atoms with Crippen LogP contribution in [0.4, 0.5) is 0 Å². The highest BCUT2D eigenvalue weighted by molar-refractivity contribution is 5.74. The molecule has 22 heavy (non-hydrogen) atoms. The predicted octanol–water partition coefficient (Wildman–Crippen LogP) is 2.94. The van der Waals surface area contributed by atoms with Gasteiger partial charge in [0.15, 0.2) is 23.4 Å². The first-order valence-corrected chi connectivity index (χ1v) is 7.37. The molecular weight excluding hydrogens is 270 g/mol. The monoisotopic (exact) mass is 287 g/mol. The average molecular weight is 287 g/mol. The van der Waals surface area contributed by atoms with E-state index in [0.29, 0.717) is 0 Å². The summed E-state index contributed by atoms with van der Waals surface area (Å²) in [5.74, 6) is 1.11. The molecule has 3 nitrogen and oxygen atoms in total. The lowest BCUT2D eigenvalue weighted by atomic mass is 10.2. The molecule has 2 aromatic carbocycles. The van der Waals surface area contributed by atoms with Gasteiger partial charge < -0.3 is 0 Å². The van der Waals surface area contributed by atoms with Crippen LogP contribution in [0.2, 0.25) is 0 Å². The van der Waals surface area contributed by atoms with Crippen LogP contribution in [0.1, 0.15) is 0 Å². The zero-order valence-electron chi connectivity index (χ0n) is 12.4. The third-order valence-electron chi connectivity index (χ3n) is 4.01. The van der Waals surface area contributed by atoms with Gasteiger partial charge in [-0.2, -0.15) is 4.57 Å². The number of aromatic nitrogens is 3. The Morgan fingerprint density at radius 3 is 2.18 bits per heavy atom. The average Bonchev–Trinajstić information content (AvgIpc) is 2.93. The summed E-state index contributed by atoms with van der Waals surface area (Å²) in [6, 6.07) is 22.9. The minimum absolute atomic E-state index is 1.11. The SMILES string of the molecule is C[n+]1c(-c2cc[n+](-c3ccccc3)cc2)[nH]c2ccccc21. The maximum atomic E-state index is 3.49. The number of para-hydroxylation sites is 3. The van der Waals surface area contributed by atoms with Gasteiger partial charge in [0.1, 0.15) is 0 Å². The smallest absolute Gasteiger partial charge is 0.236 e. The molecule has 0 fully saturated rings. The lowest BCUT2D eigenvalue weighted by molar-refractivity contribution is -0.633. The number of aromatic amines is 1. The van der Waals surface area contributed by atoms with E-state index in [2.05, 4.69) is 82.1 Å². The van der Waals surface area contributed by atoms with Gasteiger partial charge >= 0.3 is 0 Å². The second-order valence-corrected chi connectivity index (χ2v) is 5.38. The van der Waals surface area contributed by atoms with Crippen molar-refractivity contribution < 1.29 is 9.13 Å². The molecule has 0 aliphatic heterocycles. The third kappa shape index (κ3) is 2.07. The van der Waals surface area contributed by atoms with Gasteiger partial charge in [-0.25, -0.2) is 9.55 Å². The number of nitrogens with zero attached hydrogens (tertiary/aromatic N) is 2. The molecule has 2 heterocycles. The number of hydrogen-bond donors (Lipinski definition) is 1. The molecule has 0 amide bonds. The normalized spacial score (nSPS) is 11.0. The molecule has 0 unspecified atom stereocenters. The molecule has 0 saturated heterocycles. The van der Waals surface area contributed by atoms with Gasteiger partial charge in [-0.1, -0.05) is 30.3 Å². The minimum Gasteiger partial charge on any atom is -0.236 e. The van der Waals surface area contributed by atoms with E-state index >= 15 is 0 Å². The minimum atomic E-state index is 1.11. The van der Waals surface area contributed by atoms with E-state index in [9.17, 15) is 0 Å². The van der Waals surface area contributed by atoms with E-state index in [1.54, 1.807) is 0 Å². The van der Waals surface area contributed by atoms with Crippen LogP contribution < -0.4 is 9.13 Å². The predicted molar refractivity (Wildman–Crippen MR) is 86.4 cm³/mol. The van der Waals surface area contributed by atoms with Gasteiger partial charge in [0, 0.05) is 24.3 Å². The summed E-state index contributed by atoms with van der Waals surface area (Å²) in [6.07, 6.45) is 4.19. The number of aryl methyl sites for hydroxylation is 1. The fraction of sp³-hybridized carbons (Fsp3) is 0.0526. The largest absolute Gasteiger partial charge is 0.287 e. The molecule has 1 N–H and O–H groups in total. The van der Waals surface area contributed by atoms with Gasteiger partial charge in [-0.15, -0.1) is 0 Å². The Bertz CT molecular complexity index is 922. The van der Waals surface area contributed by atoms with E-state index in [0.717, 1.165) is 17.0 Å². The van der Waals surface area contributed by atoms with E-state index < -0.39 is 0 Å². The summed E-state index contributed by atoms with van der Waals surface area (Å²) in [5.41, 5.74) is 4.69. The van der Waals surface area contributed by atoms with E-state index in [-0.39, 0.29) is 0 Å². The van der Waals surface area contributed by atoms with Crippen molar-refractivity contribution in [1.82, 2.24) is 4.98 Å². The summed E-state index contributed by atoms with van der Waals surface area (Å²) < 4.78 is 4.31. The van der Waals surface area contributed by atoms with Crippen LogP contribution in [-0.4, -0.2) is 4.98 Å². The third-order valence-corrected chi connectivity index (χ3v) is 4.01. The van der Waals surface area contributed by atoms with E-state index in [1.165, 1.54) is 11.1 Å². The van der Waals surface area contributed by atoms with Crippen molar-refractivity contribution in [1.29, 1.82) is 0 Å². The Morgan fingerprint density at radius 2 is 1.45 bits per heavy atom. The number of imidazole rings is 1. The van der Waals surface area contributed by atoms with Crippen LogP contribution in [0.15, 0.2) is 79.1 Å². The number of rotatable bonds is 2. The highest BCUT2D eigenvalue weighted by Crippen LogP contribution is 2.17. The fourth-order valence-corrected chi connectivity index (χ4v) is 2.83. The number of benzene rings is 2. The second kappa shape index (κ2) is 5.11. The molecule has 2 aromatic heterocycles. The van der Waals surface area contributed by atoms with Crippen LogP contribution in [0.25, 0.3) is 28.1 Å². The Morgan fingerprint density at radius 1 is 0.773 bits per heavy atom. The van der Waals surface area contributed by atoms with Crippen molar-refractivity contribution in [3.05, 3.63) is 79.1 Å². The maximum Gasteiger partial charge on any atom is 0.287 e. The maximum absolute atomic E-state index is 3.49. The molecule has 4 aromatic rings.